The van der Waals surface area contributed by atoms with Gasteiger partial charge in [0, 0.05) is 17.6 Å². The van der Waals surface area contributed by atoms with Crippen molar-refractivity contribution in [1.82, 2.24) is 9.88 Å². The van der Waals surface area contributed by atoms with Crippen molar-refractivity contribution in [3.8, 4) is 5.75 Å². The first-order valence-corrected chi connectivity index (χ1v) is 7.14. The van der Waals surface area contributed by atoms with Crippen LogP contribution < -0.4 is 0 Å². The van der Waals surface area contributed by atoms with Crippen LogP contribution in [-0.4, -0.2) is 33.2 Å². The molecule has 0 unspecified atom stereocenters. The monoisotopic (exact) mass is 288 g/mol. The van der Waals surface area contributed by atoms with Gasteiger partial charge in [-0.15, -0.1) is 0 Å². The fraction of sp³-hybridized carbons (Fsp3) is 0.438. The molecule has 1 amide bonds. The van der Waals surface area contributed by atoms with Gasteiger partial charge < -0.3 is 19.7 Å². The van der Waals surface area contributed by atoms with Crippen LogP contribution in [0, 0.1) is 0 Å². The molecule has 5 heteroatoms. The average molecular weight is 288 g/mol. The molecule has 2 N–H and O–H groups in total. The van der Waals surface area contributed by atoms with Crippen LogP contribution in [-0.2, 0) is 17.7 Å². The lowest BCUT2D eigenvalue weighted by Crippen LogP contribution is -2.39. The highest BCUT2D eigenvalue weighted by molar-refractivity contribution is 5.89. The molecule has 0 fully saturated rings. The number of carbonyl (C=O) groups excluding carboxylic acids is 1. The number of phenolic OH excluding ortho intramolecular Hbond substituents is 1. The highest BCUT2D eigenvalue weighted by atomic mass is 16.6. The summed E-state index contributed by atoms with van der Waals surface area (Å²) in [6.07, 6.45) is 0.467. The largest absolute Gasteiger partial charge is 0.506 e. The number of aromatic hydroxyl groups is 1. The van der Waals surface area contributed by atoms with Gasteiger partial charge in [-0.1, -0.05) is 12.1 Å². The van der Waals surface area contributed by atoms with Gasteiger partial charge >= 0.3 is 6.09 Å². The number of nitrogens with one attached hydrogen (secondary N) is 1. The van der Waals surface area contributed by atoms with E-state index in [0.717, 1.165) is 23.0 Å². The lowest BCUT2D eigenvalue weighted by molar-refractivity contribution is 0.0222. The Morgan fingerprint density at radius 2 is 2.14 bits per heavy atom. The predicted octanol–water partition coefficient (Wildman–Crippen LogP) is 3.17. The van der Waals surface area contributed by atoms with Gasteiger partial charge in [0.15, 0.2) is 0 Å². The first-order valence-electron chi connectivity index (χ1n) is 7.14. The number of aromatic amines is 1. The van der Waals surface area contributed by atoms with Gasteiger partial charge in [0.2, 0.25) is 0 Å². The van der Waals surface area contributed by atoms with E-state index in [1.54, 1.807) is 11.0 Å². The molecule has 5 nitrogen and oxygen atoms in total. The molecule has 0 atom stereocenters. The van der Waals surface area contributed by atoms with Crippen molar-refractivity contribution in [2.75, 3.05) is 6.54 Å². The average Bonchev–Trinajstić information content (AvgIpc) is 2.76. The number of rotatable bonds is 0. The quantitative estimate of drug-likeness (QED) is 0.782. The fourth-order valence-corrected chi connectivity index (χ4v) is 2.73. The van der Waals surface area contributed by atoms with Crippen LogP contribution in [0.25, 0.3) is 10.9 Å². The van der Waals surface area contributed by atoms with E-state index in [1.165, 1.54) is 5.56 Å². The summed E-state index contributed by atoms with van der Waals surface area (Å²) in [4.78, 5) is 17.1. The molecule has 0 spiro atoms. The number of hydrogen-bond acceptors (Lipinski definition) is 3. The van der Waals surface area contributed by atoms with Crippen LogP contribution in [0.4, 0.5) is 4.79 Å². The highest BCUT2D eigenvalue weighted by Gasteiger charge is 2.27. The normalized spacial score (nSPS) is 15.1. The molecule has 0 radical (unpaired) electrons. The first-order chi connectivity index (χ1) is 9.85. The van der Waals surface area contributed by atoms with Crippen LogP contribution in [0.15, 0.2) is 18.2 Å². The van der Waals surface area contributed by atoms with Crippen molar-refractivity contribution < 1.29 is 14.6 Å². The molecule has 0 saturated carbocycles. The summed E-state index contributed by atoms with van der Waals surface area (Å²) < 4.78 is 5.41. The molecule has 2 aromatic rings. The molecule has 112 valence electrons. The van der Waals surface area contributed by atoms with Gasteiger partial charge in [-0.05, 0) is 38.8 Å². The number of ether oxygens (including phenoxy) is 1. The van der Waals surface area contributed by atoms with E-state index in [9.17, 15) is 9.90 Å². The number of phenols is 1. The molecule has 3 rings (SSSR count). The van der Waals surface area contributed by atoms with Gasteiger partial charge in [0.05, 0.1) is 12.1 Å². The topological polar surface area (TPSA) is 65.6 Å². The Labute approximate surface area is 123 Å². The first kappa shape index (κ1) is 13.8. The Morgan fingerprint density at radius 1 is 1.38 bits per heavy atom. The molecular weight excluding hydrogens is 268 g/mol. The molecule has 1 aromatic heterocycles. The smallest absolute Gasteiger partial charge is 0.410 e. The predicted molar refractivity (Wildman–Crippen MR) is 80.3 cm³/mol. The van der Waals surface area contributed by atoms with Crippen LogP contribution in [0.3, 0.4) is 0 Å². The lowest BCUT2D eigenvalue weighted by atomic mass is 10.0. The van der Waals surface area contributed by atoms with Gasteiger partial charge in [-0.2, -0.15) is 0 Å². The summed E-state index contributed by atoms with van der Waals surface area (Å²) in [5, 5.41) is 10.9. The summed E-state index contributed by atoms with van der Waals surface area (Å²) in [6.45, 7) is 6.70. The van der Waals surface area contributed by atoms with Crippen molar-refractivity contribution in [2.24, 2.45) is 0 Å². The van der Waals surface area contributed by atoms with E-state index in [1.807, 2.05) is 32.9 Å². The Hall–Kier alpha value is -2.17. The van der Waals surface area contributed by atoms with Crippen molar-refractivity contribution in [2.45, 2.75) is 39.3 Å². The van der Waals surface area contributed by atoms with E-state index in [2.05, 4.69) is 4.98 Å². The minimum Gasteiger partial charge on any atom is -0.506 e. The van der Waals surface area contributed by atoms with Gasteiger partial charge in [0.1, 0.15) is 11.4 Å². The molecule has 1 aliphatic rings. The fourth-order valence-electron chi connectivity index (χ4n) is 2.73. The molecule has 1 aromatic carbocycles. The van der Waals surface area contributed by atoms with E-state index in [4.69, 9.17) is 4.74 Å². The van der Waals surface area contributed by atoms with Crippen LogP contribution in [0.2, 0.25) is 0 Å². The zero-order valence-corrected chi connectivity index (χ0v) is 12.6. The van der Waals surface area contributed by atoms with Crippen LogP contribution in [0.5, 0.6) is 5.75 Å². The van der Waals surface area contributed by atoms with Crippen LogP contribution in [0.1, 0.15) is 32.0 Å². The number of amides is 1. The van der Waals surface area contributed by atoms with Crippen molar-refractivity contribution >= 4 is 17.0 Å². The molecule has 2 heterocycles. The summed E-state index contributed by atoms with van der Waals surface area (Å²) in [5.74, 6) is 0.241. The van der Waals surface area contributed by atoms with Crippen molar-refractivity contribution in [3.63, 3.8) is 0 Å². The van der Waals surface area contributed by atoms with E-state index >= 15 is 0 Å². The zero-order valence-electron chi connectivity index (χ0n) is 12.6. The number of H-pyrrole nitrogens is 1. The third kappa shape index (κ3) is 2.55. The van der Waals surface area contributed by atoms with E-state index < -0.39 is 5.60 Å². The third-order valence-corrected chi connectivity index (χ3v) is 3.64. The number of para-hydroxylation sites is 1. The molecule has 21 heavy (non-hydrogen) atoms. The Morgan fingerprint density at radius 3 is 2.86 bits per heavy atom. The second-order valence-corrected chi connectivity index (χ2v) is 6.43. The second kappa shape index (κ2) is 4.69. The summed E-state index contributed by atoms with van der Waals surface area (Å²) in [5.41, 5.74) is 2.41. The molecule has 0 bridgehead atoms. The minimum absolute atomic E-state index is 0.241. The summed E-state index contributed by atoms with van der Waals surface area (Å²) in [7, 11) is 0. The Balaban J connectivity index is 1.88. The van der Waals surface area contributed by atoms with Crippen molar-refractivity contribution in [1.29, 1.82) is 0 Å². The zero-order chi connectivity index (χ0) is 15.2. The number of aromatic nitrogens is 1. The van der Waals surface area contributed by atoms with Crippen LogP contribution >= 0.6 is 0 Å². The molecular formula is C16H20N2O3. The lowest BCUT2D eigenvalue weighted by Gasteiger charge is -2.30. The SMILES string of the molecule is CC(C)(C)OC(=O)N1CCc2c([nH]c3c(O)cccc23)C1. The Kier molecular flexibility index (Phi) is 3.08. The van der Waals surface area contributed by atoms with E-state index in [0.29, 0.717) is 13.1 Å². The highest BCUT2D eigenvalue weighted by Crippen LogP contribution is 2.32. The Bertz CT molecular complexity index is 697. The number of carbonyl (C=O) groups is 1. The summed E-state index contributed by atoms with van der Waals surface area (Å²) >= 11 is 0. The van der Waals surface area contributed by atoms with Gasteiger partial charge in [-0.25, -0.2) is 4.79 Å². The standard InChI is InChI=1S/C16H20N2O3/c1-16(2,3)21-15(20)18-8-7-10-11-5-4-6-13(19)14(11)17-12(10)9-18/h4-6,17,19H,7-9H2,1-3H3. The number of benzene rings is 1. The molecule has 0 saturated heterocycles. The molecule has 1 aliphatic heterocycles. The number of fused-ring (bicyclic) bond motifs is 3. The maximum atomic E-state index is 12.1. The van der Waals surface area contributed by atoms with Gasteiger partial charge in [-0.3, -0.25) is 0 Å². The van der Waals surface area contributed by atoms with Gasteiger partial charge in [0.25, 0.3) is 0 Å². The third-order valence-electron chi connectivity index (χ3n) is 3.64. The second-order valence-electron chi connectivity index (χ2n) is 6.43. The maximum absolute atomic E-state index is 12.1. The minimum atomic E-state index is -0.490. The number of nitrogens with zero attached hydrogens (tertiary/aromatic N) is 1. The summed E-state index contributed by atoms with van der Waals surface area (Å²) in [6, 6.07) is 5.50. The van der Waals surface area contributed by atoms with Crippen molar-refractivity contribution in [3.05, 3.63) is 29.5 Å². The van der Waals surface area contributed by atoms with E-state index in [-0.39, 0.29) is 11.8 Å². The number of hydrogen-bond donors (Lipinski definition) is 2. The maximum Gasteiger partial charge on any atom is 0.410 e. The molecule has 0 aliphatic carbocycles.